The molecule has 7 nitrogen and oxygen atoms in total. The van der Waals surface area contributed by atoms with E-state index in [1.54, 1.807) is 48.5 Å². The van der Waals surface area contributed by atoms with Crippen LogP contribution in [0.5, 0.6) is 11.5 Å². The summed E-state index contributed by atoms with van der Waals surface area (Å²) in [6.45, 7) is 0.212. The average molecular weight is 426 g/mol. The maximum absolute atomic E-state index is 12.7. The number of methoxy groups -OCH3 is 1. The molecule has 3 rings (SSSR count). The Bertz CT molecular complexity index is 1100. The maximum Gasteiger partial charge on any atom is 0.262 e. The number of amides is 1. The van der Waals surface area contributed by atoms with Crippen LogP contribution in [-0.4, -0.2) is 28.0 Å². The number of hydrogen-bond donors (Lipinski definition) is 2. The van der Waals surface area contributed by atoms with Crippen LogP contribution in [0.15, 0.2) is 83.8 Å². The molecule has 0 saturated heterocycles. The van der Waals surface area contributed by atoms with Gasteiger partial charge in [0, 0.05) is 5.69 Å². The summed E-state index contributed by atoms with van der Waals surface area (Å²) in [4.78, 5) is 12.2. The smallest absolute Gasteiger partial charge is 0.262 e. The normalized spacial score (nSPS) is 10.8. The van der Waals surface area contributed by atoms with Gasteiger partial charge in [0.1, 0.15) is 11.5 Å². The van der Waals surface area contributed by atoms with Crippen LogP contribution in [0.2, 0.25) is 0 Å². The minimum absolute atomic E-state index is 0.0201. The molecule has 3 aromatic carbocycles. The number of rotatable bonds is 9. The molecule has 0 aliphatic carbocycles. The van der Waals surface area contributed by atoms with Gasteiger partial charge in [-0.15, -0.1) is 0 Å². The Labute approximate surface area is 175 Å². The zero-order chi connectivity index (χ0) is 21.4. The molecule has 0 atom stereocenters. The van der Waals surface area contributed by atoms with Crippen LogP contribution in [-0.2, 0) is 14.8 Å². The first-order valence-corrected chi connectivity index (χ1v) is 10.7. The van der Waals surface area contributed by atoms with Gasteiger partial charge in [0.2, 0.25) is 5.91 Å². The highest BCUT2D eigenvalue weighted by molar-refractivity contribution is 7.92. The minimum atomic E-state index is -3.86. The van der Waals surface area contributed by atoms with Crippen LogP contribution >= 0.6 is 0 Å². The summed E-state index contributed by atoms with van der Waals surface area (Å²) < 4.78 is 38.7. The number of ether oxygens (including phenoxy) is 2. The summed E-state index contributed by atoms with van der Waals surface area (Å²) in [5.74, 6) is 0.808. The molecule has 0 aromatic heterocycles. The number of nitrogens with one attached hydrogen (secondary N) is 2. The summed E-state index contributed by atoms with van der Waals surface area (Å²) >= 11 is 0. The maximum atomic E-state index is 12.7. The molecule has 0 spiro atoms. The van der Waals surface area contributed by atoms with Gasteiger partial charge >= 0.3 is 0 Å². The first-order chi connectivity index (χ1) is 14.5. The topological polar surface area (TPSA) is 93.7 Å². The van der Waals surface area contributed by atoms with E-state index in [4.69, 9.17) is 9.47 Å². The van der Waals surface area contributed by atoms with Crippen molar-refractivity contribution < 1.29 is 22.7 Å². The molecule has 30 heavy (non-hydrogen) atoms. The van der Waals surface area contributed by atoms with Crippen molar-refractivity contribution in [3.05, 3.63) is 78.9 Å². The molecule has 0 heterocycles. The van der Waals surface area contributed by atoms with Gasteiger partial charge in [0.25, 0.3) is 10.0 Å². The lowest BCUT2D eigenvalue weighted by molar-refractivity contribution is -0.116. The Hall–Kier alpha value is -3.52. The zero-order valence-corrected chi connectivity index (χ0v) is 17.2. The Morgan fingerprint density at radius 2 is 1.67 bits per heavy atom. The summed E-state index contributed by atoms with van der Waals surface area (Å²) in [6.07, 6.45) is 0.130. The highest BCUT2D eigenvalue weighted by Crippen LogP contribution is 2.26. The standard InChI is InChI=1S/C22H22N2O5S/c1-28-21-13-6-5-12-20(21)24-30(26,27)19-11-7-8-17(16-19)23-22(25)14-15-29-18-9-3-2-4-10-18/h2-13,16,24H,14-15H2,1H3,(H,23,25). The van der Waals surface area contributed by atoms with E-state index in [-0.39, 0.29) is 23.8 Å². The third kappa shape index (κ3) is 5.74. The SMILES string of the molecule is COc1ccccc1NS(=O)(=O)c1cccc(NC(=O)CCOc2ccccc2)c1. The van der Waals surface area contributed by atoms with Gasteiger partial charge in [-0.25, -0.2) is 8.42 Å². The predicted molar refractivity (Wildman–Crippen MR) is 115 cm³/mol. The van der Waals surface area contributed by atoms with Crippen molar-refractivity contribution in [2.45, 2.75) is 11.3 Å². The number of para-hydroxylation sites is 3. The van der Waals surface area contributed by atoms with Crippen LogP contribution in [0, 0.1) is 0 Å². The van der Waals surface area contributed by atoms with E-state index in [1.165, 1.54) is 19.2 Å². The van der Waals surface area contributed by atoms with Crippen molar-refractivity contribution in [2.75, 3.05) is 23.8 Å². The average Bonchev–Trinajstić information content (AvgIpc) is 2.75. The van der Waals surface area contributed by atoms with E-state index in [1.807, 2.05) is 18.2 Å². The van der Waals surface area contributed by atoms with E-state index in [0.717, 1.165) is 0 Å². The van der Waals surface area contributed by atoms with Gasteiger partial charge in [-0.3, -0.25) is 9.52 Å². The van der Waals surface area contributed by atoms with Crippen LogP contribution in [0.4, 0.5) is 11.4 Å². The van der Waals surface area contributed by atoms with Gasteiger partial charge in [0.05, 0.1) is 30.7 Å². The molecular weight excluding hydrogens is 404 g/mol. The van der Waals surface area contributed by atoms with Crippen LogP contribution in [0.3, 0.4) is 0 Å². The van der Waals surface area contributed by atoms with Gasteiger partial charge in [-0.2, -0.15) is 0 Å². The van der Waals surface area contributed by atoms with Crippen molar-refractivity contribution >= 4 is 27.3 Å². The van der Waals surface area contributed by atoms with Crippen molar-refractivity contribution in [3.63, 3.8) is 0 Å². The number of benzene rings is 3. The quantitative estimate of drug-likeness (QED) is 0.541. The minimum Gasteiger partial charge on any atom is -0.495 e. The molecule has 0 unspecified atom stereocenters. The van der Waals surface area contributed by atoms with Crippen molar-refractivity contribution in [1.29, 1.82) is 0 Å². The van der Waals surface area contributed by atoms with E-state index in [9.17, 15) is 13.2 Å². The molecule has 156 valence electrons. The fraction of sp³-hybridized carbons (Fsp3) is 0.136. The summed E-state index contributed by atoms with van der Waals surface area (Å²) in [6, 6.07) is 21.9. The summed E-state index contributed by atoms with van der Waals surface area (Å²) in [5.41, 5.74) is 0.704. The van der Waals surface area contributed by atoms with Crippen LogP contribution in [0.25, 0.3) is 0 Å². The lowest BCUT2D eigenvalue weighted by Gasteiger charge is -2.12. The molecule has 0 aliphatic rings. The van der Waals surface area contributed by atoms with Crippen molar-refractivity contribution in [3.8, 4) is 11.5 Å². The van der Waals surface area contributed by atoms with E-state index >= 15 is 0 Å². The number of sulfonamides is 1. The lowest BCUT2D eigenvalue weighted by Crippen LogP contribution is -2.17. The number of hydrogen-bond acceptors (Lipinski definition) is 5. The van der Waals surface area contributed by atoms with Crippen LogP contribution < -0.4 is 19.5 Å². The number of carbonyl (C=O) groups excluding carboxylic acids is 1. The highest BCUT2D eigenvalue weighted by Gasteiger charge is 2.17. The summed E-state index contributed by atoms with van der Waals surface area (Å²) in [5, 5.41) is 2.69. The predicted octanol–water partition coefficient (Wildman–Crippen LogP) is 3.90. The van der Waals surface area contributed by atoms with E-state index in [0.29, 0.717) is 22.9 Å². The van der Waals surface area contributed by atoms with Crippen molar-refractivity contribution in [1.82, 2.24) is 0 Å². The van der Waals surface area contributed by atoms with Gasteiger partial charge in [-0.1, -0.05) is 36.4 Å². The molecule has 2 N–H and O–H groups in total. The number of carbonyl (C=O) groups is 1. The summed E-state index contributed by atoms with van der Waals surface area (Å²) in [7, 11) is -2.40. The van der Waals surface area contributed by atoms with Gasteiger partial charge < -0.3 is 14.8 Å². The fourth-order valence-corrected chi connectivity index (χ4v) is 3.79. The first-order valence-electron chi connectivity index (χ1n) is 9.21. The molecule has 0 radical (unpaired) electrons. The van der Waals surface area contributed by atoms with Crippen LogP contribution in [0.1, 0.15) is 6.42 Å². The third-order valence-corrected chi connectivity index (χ3v) is 5.48. The Balaban J connectivity index is 1.62. The Morgan fingerprint density at radius 3 is 2.43 bits per heavy atom. The second kappa shape index (κ2) is 9.80. The molecular formula is C22H22N2O5S. The number of anilines is 2. The zero-order valence-electron chi connectivity index (χ0n) is 16.4. The molecule has 8 heteroatoms. The second-order valence-corrected chi connectivity index (χ2v) is 7.98. The van der Waals surface area contributed by atoms with E-state index in [2.05, 4.69) is 10.0 Å². The molecule has 0 fully saturated rings. The molecule has 3 aromatic rings. The Morgan fingerprint density at radius 1 is 0.933 bits per heavy atom. The lowest BCUT2D eigenvalue weighted by atomic mass is 10.3. The second-order valence-electron chi connectivity index (χ2n) is 6.29. The van der Waals surface area contributed by atoms with Gasteiger partial charge in [0.15, 0.2) is 0 Å². The van der Waals surface area contributed by atoms with Gasteiger partial charge in [-0.05, 0) is 42.5 Å². The third-order valence-electron chi connectivity index (χ3n) is 4.12. The monoisotopic (exact) mass is 426 g/mol. The Kier molecular flexibility index (Phi) is 6.92. The highest BCUT2D eigenvalue weighted by atomic mass is 32.2. The molecule has 1 amide bonds. The molecule has 0 saturated carbocycles. The molecule has 0 aliphatic heterocycles. The first kappa shape index (κ1) is 21.2. The fourth-order valence-electron chi connectivity index (χ4n) is 2.68. The largest absolute Gasteiger partial charge is 0.495 e. The molecule has 0 bridgehead atoms. The van der Waals surface area contributed by atoms with Crippen molar-refractivity contribution in [2.24, 2.45) is 0 Å². The van der Waals surface area contributed by atoms with E-state index < -0.39 is 10.0 Å².